The molecule has 90 valence electrons. The van der Waals surface area contributed by atoms with Crippen LogP contribution < -0.4 is 10.6 Å². The first kappa shape index (κ1) is 12.7. The lowest BCUT2D eigenvalue weighted by Crippen LogP contribution is -2.38. The highest BCUT2D eigenvalue weighted by Crippen LogP contribution is 2.11. The minimum Gasteiger partial charge on any atom is -0.354 e. The average molecular weight is 224 g/mol. The number of hydrogen-bond donors (Lipinski definition) is 3. The smallest absolute Gasteiger partial charge is 0.225 e. The predicted octanol–water partition coefficient (Wildman–Crippen LogP) is 0.662. The molecule has 3 N–H and O–H groups in total. The Hall–Kier alpha value is -1.36. The van der Waals surface area contributed by atoms with E-state index in [-0.39, 0.29) is 11.3 Å². The Labute approximate surface area is 96.0 Å². The van der Waals surface area contributed by atoms with Crippen LogP contribution in [0.2, 0.25) is 0 Å². The van der Waals surface area contributed by atoms with E-state index in [2.05, 4.69) is 20.8 Å². The Kier molecular flexibility index (Phi) is 4.49. The zero-order valence-electron chi connectivity index (χ0n) is 10.1. The molecule has 0 spiro atoms. The summed E-state index contributed by atoms with van der Waals surface area (Å²) in [6.07, 6.45) is 1.72. The van der Waals surface area contributed by atoms with Gasteiger partial charge in [0.2, 0.25) is 5.91 Å². The van der Waals surface area contributed by atoms with Gasteiger partial charge in [-0.1, -0.05) is 20.8 Å². The second-order valence-electron chi connectivity index (χ2n) is 4.76. The number of aromatic amines is 1. The number of aromatic nitrogens is 2. The van der Waals surface area contributed by atoms with Crippen molar-refractivity contribution < 1.29 is 4.79 Å². The highest BCUT2D eigenvalue weighted by atomic mass is 16.2. The molecule has 0 aliphatic carbocycles. The van der Waals surface area contributed by atoms with Crippen molar-refractivity contribution in [3.8, 4) is 0 Å². The highest BCUT2D eigenvalue weighted by Gasteiger charge is 2.19. The Bertz CT molecular complexity index is 313. The van der Waals surface area contributed by atoms with Crippen molar-refractivity contribution in [3.05, 3.63) is 18.0 Å². The summed E-state index contributed by atoms with van der Waals surface area (Å²) in [5.41, 5.74) is 0.728. The third-order valence-corrected chi connectivity index (χ3v) is 2.14. The molecule has 0 radical (unpaired) electrons. The second kappa shape index (κ2) is 5.65. The molecule has 1 amide bonds. The van der Waals surface area contributed by atoms with Crippen LogP contribution >= 0.6 is 0 Å². The van der Waals surface area contributed by atoms with E-state index in [9.17, 15) is 4.79 Å². The molecule has 0 aromatic carbocycles. The molecule has 0 unspecified atom stereocenters. The molecule has 16 heavy (non-hydrogen) atoms. The van der Waals surface area contributed by atoms with Gasteiger partial charge in [-0.25, -0.2) is 0 Å². The van der Waals surface area contributed by atoms with Gasteiger partial charge in [-0.2, -0.15) is 5.10 Å². The molecule has 0 atom stereocenters. The molecule has 0 aliphatic rings. The van der Waals surface area contributed by atoms with E-state index in [4.69, 9.17) is 0 Å². The lowest BCUT2D eigenvalue weighted by atomic mass is 9.96. The summed E-state index contributed by atoms with van der Waals surface area (Å²) in [5, 5.41) is 12.8. The van der Waals surface area contributed by atoms with Gasteiger partial charge in [0.25, 0.3) is 0 Å². The quantitative estimate of drug-likeness (QED) is 0.644. The van der Waals surface area contributed by atoms with E-state index in [1.165, 1.54) is 0 Å². The fourth-order valence-corrected chi connectivity index (χ4v) is 1.14. The molecule has 5 heteroatoms. The number of rotatable bonds is 5. The van der Waals surface area contributed by atoms with Gasteiger partial charge in [0.1, 0.15) is 0 Å². The summed E-state index contributed by atoms with van der Waals surface area (Å²) < 4.78 is 0. The third kappa shape index (κ3) is 4.44. The zero-order chi connectivity index (χ0) is 12.0. The summed E-state index contributed by atoms with van der Waals surface area (Å²) in [6.45, 7) is 7.84. The molecule has 5 nitrogen and oxygen atoms in total. The van der Waals surface area contributed by atoms with Gasteiger partial charge in [-0.15, -0.1) is 0 Å². The lowest BCUT2D eigenvalue weighted by molar-refractivity contribution is -0.128. The lowest BCUT2D eigenvalue weighted by Gasteiger charge is -2.17. The monoisotopic (exact) mass is 224 g/mol. The largest absolute Gasteiger partial charge is 0.354 e. The number of hydrogen-bond acceptors (Lipinski definition) is 3. The van der Waals surface area contributed by atoms with Crippen molar-refractivity contribution in [1.29, 1.82) is 0 Å². The number of carbonyl (C=O) groups excluding carboxylic acids is 1. The number of nitrogens with zero attached hydrogens (tertiary/aromatic N) is 1. The van der Waals surface area contributed by atoms with E-state index in [0.29, 0.717) is 6.54 Å². The zero-order valence-corrected chi connectivity index (χ0v) is 10.1. The Morgan fingerprint density at radius 2 is 2.19 bits per heavy atom. The van der Waals surface area contributed by atoms with Crippen LogP contribution in [0.4, 0.5) is 0 Å². The van der Waals surface area contributed by atoms with Gasteiger partial charge in [0, 0.05) is 36.9 Å². The first-order valence-electron chi connectivity index (χ1n) is 5.47. The van der Waals surface area contributed by atoms with Crippen LogP contribution in [0.15, 0.2) is 12.3 Å². The van der Waals surface area contributed by atoms with Crippen LogP contribution in [0.25, 0.3) is 0 Å². The summed E-state index contributed by atoms with van der Waals surface area (Å²) >= 11 is 0. The molecule has 0 saturated carbocycles. The summed E-state index contributed by atoms with van der Waals surface area (Å²) in [5.74, 6) is 0.0795. The van der Waals surface area contributed by atoms with Crippen molar-refractivity contribution in [2.75, 3.05) is 13.1 Å². The van der Waals surface area contributed by atoms with Gasteiger partial charge >= 0.3 is 0 Å². The summed E-state index contributed by atoms with van der Waals surface area (Å²) in [7, 11) is 0. The van der Waals surface area contributed by atoms with Gasteiger partial charge in [0.15, 0.2) is 0 Å². The van der Waals surface area contributed by atoms with Crippen molar-refractivity contribution in [1.82, 2.24) is 20.8 Å². The number of carbonyl (C=O) groups is 1. The van der Waals surface area contributed by atoms with Crippen molar-refractivity contribution in [2.24, 2.45) is 5.41 Å². The van der Waals surface area contributed by atoms with Crippen LogP contribution in [-0.2, 0) is 11.3 Å². The van der Waals surface area contributed by atoms with Crippen LogP contribution in [-0.4, -0.2) is 29.2 Å². The Morgan fingerprint density at radius 3 is 2.75 bits per heavy atom. The molecule has 1 aromatic rings. The standard InChI is InChI=1S/C11H20N4O/c1-11(2,3)10(16)13-7-6-12-8-9-4-5-14-15-9/h4-5,12H,6-8H2,1-3H3,(H,13,16)(H,14,15). The fraction of sp³-hybridized carbons (Fsp3) is 0.636. The third-order valence-electron chi connectivity index (χ3n) is 2.14. The van der Waals surface area contributed by atoms with E-state index < -0.39 is 0 Å². The van der Waals surface area contributed by atoms with Crippen molar-refractivity contribution in [3.63, 3.8) is 0 Å². The van der Waals surface area contributed by atoms with Crippen molar-refractivity contribution >= 4 is 5.91 Å². The van der Waals surface area contributed by atoms with Gasteiger partial charge in [0.05, 0.1) is 0 Å². The maximum Gasteiger partial charge on any atom is 0.225 e. The average Bonchev–Trinajstić information content (AvgIpc) is 2.68. The molecule has 0 aliphatic heterocycles. The van der Waals surface area contributed by atoms with Gasteiger partial charge < -0.3 is 10.6 Å². The SMILES string of the molecule is CC(C)(C)C(=O)NCCNCc1ccn[nH]1. The number of nitrogens with one attached hydrogen (secondary N) is 3. The summed E-state index contributed by atoms with van der Waals surface area (Å²) in [4.78, 5) is 11.5. The predicted molar refractivity (Wildman–Crippen MR) is 62.8 cm³/mol. The maximum atomic E-state index is 11.5. The molecule has 0 saturated heterocycles. The normalized spacial score (nSPS) is 11.4. The van der Waals surface area contributed by atoms with Crippen LogP contribution in [0.1, 0.15) is 26.5 Å². The minimum atomic E-state index is -0.316. The molecule has 0 bridgehead atoms. The Balaban J connectivity index is 2.06. The maximum absolute atomic E-state index is 11.5. The molecule has 1 heterocycles. The Morgan fingerprint density at radius 1 is 1.44 bits per heavy atom. The van der Waals surface area contributed by atoms with Crippen LogP contribution in [0.5, 0.6) is 0 Å². The van der Waals surface area contributed by atoms with E-state index >= 15 is 0 Å². The van der Waals surface area contributed by atoms with Gasteiger partial charge in [-0.3, -0.25) is 9.89 Å². The van der Waals surface area contributed by atoms with E-state index in [1.54, 1.807) is 6.20 Å². The molecule has 1 rings (SSSR count). The minimum absolute atomic E-state index is 0.0795. The highest BCUT2D eigenvalue weighted by molar-refractivity contribution is 5.81. The van der Waals surface area contributed by atoms with Gasteiger partial charge in [-0.05, 0) is 6.07 Å². The van der Waals surface area contributed by atoms with Crippen LogP contribution in [0, 0.1) is 5.41 Å². The van der Waals surface area contributed by atoms with E-state index in [1.807, 2.05) is 26.8 Å². The number of H-pyrrole nitrogens is 1. The summed E-state index contributed by atoms with van der Waals surface area (Å²) in [6, 6.07) is 1.92. The number of amides is 1. The fourth-order valence-electron chi connectivity index (χ4n) is 1.14. The van der Waals surface area contributed by atoms with Crippen molar-refractivity contribution in [2.45, 2.75) is 27.3 Å². The molecule has 0 fully saturated rings. The first-order valence-corrected chi connectivity index (χ1v) is 5.47. The van der Waals surface area contributed by atoms with E-state index in [0.717, 1.165) is 18.8 Å². The van der Waals surface area contributed by atoms with Crippen LogP contribution in [0.3, 0.4) is 0 Å². The molecular formula is C11H20N4O. The topological polar surface area (TPSA) is 69.8 Å². The second-order valence-corrected chi connectivity index (χ2v) is 4.76. The first-order chi connectivity index (χ1) is 7.50. The molecule has 1 aromatic heterocycles. The molecular weight excluding hydrogens is 204 g/mol.